The van der Waals surface area contributed by atoms with Crippen LogP contribution in [0.3, 0.4) is 0 Å². The Kier molecular flexibility index (Phi) is 5.37. The summed E-state index contributed by atoms with van der Waals surface area (Å²) in [5.41, 5.74) is 2.79. The molecule has 0 aliphatic carbocycles. The normalized spacial score (nSPS) is 16.8. The minimum Gasteiger partial charge on any atom is -0.497 e. The molecule has 0 saturated carbocycles. The molecule has 1 aromatic heterocycles. The van der Waals surface area contributed by atoms with Gasteiger partial charge in [-0.2, -0.15) is 0 Å². The highest BCUT2D eigenvalue weighted by molar-refractivity contribution is 5.80. The smallest absolute Gasteiger partial charge is 0.225 e. The van der Waals surface area contributed by atoms with Gasteiger partial charge in [0.2, 0.25) is 5.91 Å². The highest BCUT2D eigenvalue weighted by Crippen LogP contribution is 2.23. The lowest BCUT2D eigenvalue weighted by Crippen LogP contribution is -2.43. The second kappa shape index (κ2) is 8.25. The molecule has 1 N–H and O–H groups in total. The van der Waals surface area contributed by atoms with Crippen molar-refractivity contribution in [2.45, 2.75) is 19.4 Å². The van der Waals surface area contributed by atoms with Gasteiger partial charge in [-0.15, -0.1) is 0 Å². The molecule has 3 aromatic rings. The fourth-order valence-corrected chi connectivity index (χ4v) is 3.61. The van der Waals surface area contributed by atoms with Crippen molar-refractivity contribution < 1.29 is 9.53 Å². The van der Waals surface area contributed by atoms with Crippen LogP contribution in [0.4, 0.5) is 5.82 Å². The van der Waals surface area contributed by atoms with Gasteiger partial charge in [-0.05, 0) is 42.7 Å². The zero-order valence-electron chi connectivity index (χ0n) is 16.0. The van der Waals surface area contributed by atoms with Gasteiger partial charge in [-0.25, -0.2) is 4.98 Å². The second-order valence-electron chi connectivity index (χ2n) is 7.07. The van der Waals surface area contributed by atoms with Gasteiger partial charge >= 0.3 is 0 Å². The lowest BCUT2D eigenvalue weighted by molar-refractivity contribution is -0.125. The van der Waals surface area contributed by atoms with Crippen LogP contribution in [0.15, 0.2) is 54.7 Å². The number of hydrogen-bond acceptors (Lipinski definition) is 5. The van der Waals surface area contributed by atoms with Crippen molar-refractivity contribution in [3.05, 3.63) is 60.3 Å². The van der Waals surface area contributed by atoms with Crippen LogP contribution in [0.5, 0.6) is 5.75 Å². The van der Waals surface area contributed by atoms with Crippen LogP contribution in [0.2, 0.25) is 0 Å². The van der Waals surface area contributed by atoms with Crippen molar-refractivity contribution in [1.82, 2.24) is 15.3 Å². The van der Waals surface area contributed by atoms with E-state index in [1.807, 2.05) is 48.5 Å². The summed E-state index contributed by atoms with van der Waals surface area (Å²) in [6.07, 6.45) is 3.66. The summed E-state index contributed by atoms with van der Waals surface area (Å²) in [4.78, 5) is 24.1. The minimum absolute atomic E-state index is 0.0485. The number of ether oxygens (including phenoxy) is 1. The van der Waals surface area contributed by atoms with E-state index in [2.05, 4.69) is 15.2 Å². The van der Waals surface area contributed by atoms with Crippen molar-refractivity contribution in [3.8, 4) is 5.75 Å². The maximum atomic E-state index is 12.7. The topological polar surface area (TPSA) is 67.3 Å². The number of carbonyl (C=O) groups is 1. The molecule has 28 heavy (non-hydrogen) atoms. The number of aromatic nitrogens is 2. The number of amides is 1. The van der Waals surface area contributed by atoms with E-state index in [9.17, 15) is 4.79 Å². The van der Waals surface area contributed by atoms with Crippen molar-refractivity contribution in [1.29, 1.82) is 0 Å². The highest BCUT2D eigenvalue weighted by Gasteiger charge is 2.26. The van der Waals surface area contributed by atoms with E-state index >= 15 is 0 Å². The molecule has 1 amide bonds. The van der Waals surface area contributed by atoms with Gasteiger partial charge in [0.15, 0.2) is 0 Å². The Labute approximate surface area is 164 Å². The standard InChI is InChI=1S/C22H24N4O2/c1-28-18-8-4-6-16(12-18)13-24-22(27)17-7-5-11-26(15-17)21-14-23-19-9-2-3-10-20(19)25-21/h2-4,6,8-10,12,14,17H,5,7,11,13,15H2,1H3,(H,24,27)/t17-/m0/s1. The van der Waals surface area contributed by atoms with Gasteiger partial charge in [0, 0.05) is 19.6 Å². The van der Waals surface area contributed by atoms with E-state index in [4.69, 9.17) is 9.72 Å². The van der Waals surface area contributed by atoms with Crippen molar-refractivity contribution >= 4 is 22.8 Å². The minimum atomic E-state index is -0.0485. The van der Waals surface area contributed by atoms with Gasteiger partial charge in [0.05, 0.1) is 30.3 Å². The van der Waals surface area contributed by atoms with Crippen LogP contribution < -0.4 is 15.0 Å². The van der Waals surface area contributed by atoms with Gasteiger partial charge < -0.3 is 15.0 Å². The summed E-state index contributed by atoms with van der Waals surface area (Å²) in [5.74, 6) is 1.67. The number of para-hydroxylation sites is 2. The number of fused-ring (bicyclic) bond motifs is 1. The maximum absolute atomic E-state index is 12.7. The molecule has 0 bridgehead atoms. The average Bonchev–Trinajstić information content (AvgIpc) is 2.77. The third-order valence-electron chi connectivity index (χ3n) is 5.15. The molecular formula is C22H24N4O2. The molecule has 0 spiro atoms. The molecule has 1 aliphatic rings. The number of carbonyl (C=O) groups excluding carboxylic acids is 1. The third kappa shape index (κ3) is 4.06. The number of rotatable bonds is 5. The van der Waals surface area contributed by atoms with Gasteiger partial charge in [0.25, 0.3) is 0 Å². The molecule has 2 heterocycles. The van der Waals surface area contributed by atoms with Crippen LogP contribution in [-0.2, 0) is 11.3 Å². The van der Waals surface area contributed by atoms with E-state index in [0.29, 0.717) is 13.1 Å². The molecule has 6 nitrogen and oxygen atoms in total. The molecule has 1 saturated heterocycles. The third-order valence-corrected chi connectivity index (χ3v) is 5.15. The van der Waals surface area contributed by atoms with Crippen LogP contribution >= 0.6 is 0 Å². The second-order valence-corrected chi connectivity index (χ2v) is 7.07. The van der Waals surface area contributed by atoms with Crippen molar-refractivity contribution in [2.75, 3.05) is 25.1 Å². The van der Waals surface area contributed by atoms with Crippen LogP contribution in [-0.4, -0.2) is 36.1 Å². The highest BCUT2D eigenvalue weighted by atomic mass is 16.5. The number of nitrogens with one attached hydrogen (secondary N) is 1. The lowest BCUT2D eigenvalue weighted by Gasteiger charge is -2.32. The molecular weight excluding hydrogens is 352 g/mol. The van der Waals surface area contributed by atoms with Gasteiger partial charge in [0.1, 0.15) is 11.6 Å². The SMILES string of the molecule is COc1cccc(CNC(=O)[C@H]2CCCN(c3cnc4ccccc4n3)C2)c1. The summed E-state index contributed by atoms with van der Waals surface area (Å²) < 4.78 is 5.24. The Bertz CT molecular complexity index is 975. The Morgan fingerprint density at radius 2 is 2.07 bits per heavy atom. The summed E-state index contributed by atoms with van der Waals surface area (Å²) in [5, 5.41) is 3.06. The van der Waals surface area contributed by atoms with Gasteiger partial charge in [-0.1, -0.05) is 24.3 Å². The molecule has 4 rings (SSSR count). The van der Waals surface area contributed by atoms with E-state index in [-0.39, 0.29) is 11.8 Å². The molecule has 0 unspecified atom stereocenters. The van der Waals surface area contributed by atoms with Crippen LogP contribution in [0, 0.1) is 5.92 Å². The number of benzene rings is 2. The maximum Gasteiger partial charge on any atom is 0.225 e. The summed E-state index contributed by atoms with van der Waals surface area (Å²) in [6, 6.07) is 15.6. The Hall–Kier alpha value is -3.15. The predicted molar refractivity (Wildman–Crippen MR) is 109 cm³/mol. The lowest BCUT2D eigenvalue weighted by atomic mass is 9.97. The Balaban J connectivity index is 1.40. The first-order chi connectivity index (χ1) is 13.7. The Morgan fingerprint density at radius 3 is 2.93 bits per heavy atom. The fourth-order valence-electron chi connectivity index (χ4n) is 3.61. The predicted octanol–water partition coefficient (Wildman–Crippen LogP) is 3.17. The molecule has 1 atom stereocenters. The quantitative estimate of drug-likeness (QED) is 0.741. The zero-order chi connectivity index (χ0) is 19.3. The summed E-state index contributed by atoms with van der Waals surface area (Å²) >= 11 is 0. The van der Waals surface area contributed by atoms with Crippen molar-refractivity contribution in [3.63, 3.8) is 0 Å². The monoisotopic (exact) mass is 376 g/mol. The first kappa shape index (κ1) is 18.2. The Morgan fingerprint density at radius 1 is 1.21 bits per heavy atom. The average molecular weight is 376 g/mol. The molecule has 2 aromatic carbocycles. The first-order valence-corrected chi connectivity index (χ1v) is 9.60. The molecule has 1 fully saturated rings. The zero-order valence-corrected chi connectivity index (χ0v) is 16.0. The first-order valence-electron chi connectivity index (χ1n) is 9.60. The number of piperidine rings is 1. The molecule has 0 radical (unpaired) electrons. The van der Waals surface area contributed by atoms with E-state index in [0.717, 1.165) is 47.6 Å². The molecule has 6 heteroatoms. The fraction of sp³-hybridized carbons (Fsp3) is 0.318. The van der Waals surface area contributed by atoms with Crippen molar-refractivity contribution in [2.24, 2.45) is 5.92 Å². The summed E-state index contributed by atoms with van der Waals surface area (Å²) in [6.45, 7) is 2.06. The van der Waals surface area contributed by atoms with E-state index < -0.39 is 0 Å². The van der Waals surface area contributed by atoms with Crippen LogP contribution in [0.25, 0.3) is 11.0 Å². The number of nitrogens with zero attached hydrogens (tertiary/aromatic N) is 3. The van der Waals surface area contributed by atoms with E-state index in [1.165, 1.54) is 0 Å². The molecule has 1 aliphatic heterocycles. The molecule has 144 valence electrons. The summed E-state index contributed by atoms with van der Waals surface area (Å²) in [7, 11) is 1.64. The van der Waals surface area contributed by atoms with Gasteiger partial charge in [-0.3, -0.25) is 9.78 Å². The number of anilines is 1. The number of methoxy groups -OCH3 is 1. The largest absolute Gasteiger partial charge is 0.497 e. The number of hydrogen-bond donors (Lipinski definition) is 1. The van der Waals surface area contributed by atoms with E-state index in [1.54, 1.807) is 13.3 Å². The van der Waals surface area contributed by atoms with Crippen LogP contribution in [0.1, 0.15) is 18.4 Å².